The van der Waals surface area contributed by atoms with Crippen molar-refractivity contribution in [3.05, 3.63) is 71.6 Å². The van der Waals surface area contributed by atoms with Crippen molar-refractivity contribution < 1.29 is 0 Å². The van der Waals surface area contributed by atoms with Gasteiger partial charge in [-0.05, 0) is 28.7 Å². The monoisotopic (exact) mass is 221 g/mol. The van der Waals surface area contributed by atoms with Crippen LogP contribution in [0.5, 0.6) is 0 Å². The van der Waals surface area contributed by atoms with Gasteiger partial charge in [-0.25, -0.2) is 0 Å². The van der Waals surface area contributed by atoms with E-state index >= 15 is 0 Å². The number of rotatable bonds is 1. The molecule has 0 spiro atoms. The van der Waals surface area contributed by atoms with Crippen molar-refractivity contribution in [3.63, 3.8) is 0 Å². The highest BCUT2D eigenvalue weighted by Crippen LogP contribution is 2.38. The molecule has 2 aromatic rings. The molecule has 1 aromatic heterocycles. The molecule has 2 atom stereocenters. The van der Waals surface area contributed by atoms with E-state index in [1.165, 1.54) is 16.7 Å². The van der Waals surface area contributed by atoms with E-state index in [0.29, 0.717) is 11.8 Å². The van der Waals surface area contributed by atoms with Gasteiger partial charge >= 0.3 is 0 Å². The molecule has 1 heteroatoms. The maximum atomic E-state index is 4.24. The number of allylic oxidation sites excluding steroid dienone is 1. The second-order valence-electron chi connectivity index (χ2n) is 4.61. The lowest BCUT2D eigenvalue weighted by Gasteiger charge is -2.27. The predicted octanol–water partition coefficient (Wildman–Crippen LogP) is 3.88. The predicted molar refractivity (Wildman–Crippen MR) is 70.7 cm³/mol. The Labute approximate surface area is 102 Å². The zero-order chi connectivity index (χ0) is 11.7. The number of hydrogen-bond acceptors (Lipinski definition) is 1. The van der Waals surface area contributed by atoms with Crippen molar-refractivity contribution in [2.75, 3.05) is 0 Å². The first-order chi connectivity index (χ1) is 8.36. The Balaban J connectivity index is 2.13. The molecule has 84 valence electrons. The van der Waals surface area contributed by atoms with E-state index in [0.717, 1.165) is 0 Å². The third-order valence-electron chi connectivity index (χ3n) is 3.48. The number of hydrogen-bond donors (Lipinski definition) is 0. The van der Waals surface area contributed by atoms with Gasteiger partial charge in [0, 0.05) is 18.3 Å². The van der Waals surface area contributed by atoms with Crippen LogP contribution in [0, 0.1) is 5.92 Å². The van der Waals surface area contributed by atoms with Crippen molar-refractivity contribution in [1.29, 1.82) is 0 Å². The summed E-state index contributed by atoms with van der Waals surface area (Å²) in [6.45, 7) is 2.27. The van der Waals surface area contributed by atoms with E-state index < -0.39 is 0 Å². The summed E-state index contributed by atoms with van der Waals surface area (Å²) in [7, 11) is 0. The summed E-state index contributed by atoms with van der Waals surface area (Å²) >= 11 is 0. The number of pyridine rings is 1. The molecular formula is C16H15N. The molecule has 3 rings (SSSR count). The average molecular weight is 221 g/mol. The lowest BCUT2D eigenvalue weighted by Crippen LogP contribution is -2.14. The Hall–Kier alpha value is -1.89. The SMILES string of the molecule is CC1C=Cc2ccccc2C1c1cccnc1. The summed E-state index contributed by atoms with van der Waals surface area (Å²) in [5, 5.41) is 0. The maximum Gasteiger partial charge on any atom is 0.0306 e. The molecule has 0 N–H and O–H groups in total. The van der Waals surface area contributed by atoms with E-state index in [4.69, 9.17) is 0 Å². The second-order valence-corrected chi connectivity index (χ2v) is 4.61. The first-order valence-electron chi connectivity index (χ1n) is 6.03. The van der Waals surface area contributed by atoms with Gasteiger partial charge in [-0.15, -0.1) is 0 Å². The Morgan fingerprint density at radius 3 is 2.76 bits per heavy atom. The molecule has 1 heterocycles. The van der Waals surface area contributed by atoms with E-state index in [1.807, 2.05) is 18.5 Å². The Bertz CT molecular complexity index is 542. The van der Waals surface area contributed by atoms with Crippen LogP contribution in [0.3, 0.4) is 0 Å². The van der Waals surface area contributed by atoms with Gasteiger partial charge in [-0.3, -0.25) is 4.98 Å². The molecule has 1 aliphatic rings. The van der Waals surface area contributed by atoms with Crippen LogP contribution >= 0.6 is 0 Å². The van der Waals surface area contributed by atoms with Gasteiger partial charge in [0.1, 0.15) is 0 Å². The van der Waals surface area contributed by atoms with Crippen LogP contribution in [-0.4, -0.2) is 4.98 Å². The normalized spacial score (nSPS) is 22.2. The van der Waals surface area contributed by atoms with Crippen molar-refractivity contribution >= 4 is 6.08 Å². The third kappa shape index (κ3) is 1.78. The van der Waals surface area contributed by atoms with Crippen LogP contribution in [0.25, 0.3) is 6.08 Å². The van der Waals surface area contributed by atoms with Crippen LogP contribution in [0.2, 0.25) is 0 Å². The fourth-order valence-corrected chi connectivity index (χ4v) is 2.64. The Kier molecular flexibility index (Phi) is 2.52. The summed E-state index contributed by atoms with van der Waals surface area (Å²) < 4.78 is 0. The highest BCUT2D eigenvalue weighted by Gasteiger charge is 2.24. The smallest absolute Gasteiger partial charge is 0.0306 e. The van der Waals surface area contributed by atoms with Crippen molar-refractivity contribution in [2.45, 2.75) is 12.8 Å². The van der Waals surface area contributed by atoms with Crippen LogP contribution < -0.4 is 0 Å². The first-order valence-corrected chi connectivity index (χ1v) is 6.03. The summed E-state index contributed by atoms with van der Waals surface area (Å²) in [5.41, 5.74) is 4.05. The first kappa shape index (κ1) is 10.3. The van der Waals surface area contributed by atoms with Gasteiger partial charge in [-0.1, -0.05) is 49.4 Å². The Morgan fingerprint density at radius 1 is 1.06 bits per heavy atom. The fraction of sp³-hybridized carbons (Fsp3) is 0.188. The number of aromatic nitrogens is 1. The fourth-order valence-electron chi connectivity index (χ4n) is 2.64. The highest BCUT2D eigenvalue weighted by molar-refractivity contribution is 5.60. The van der Waals surface area contributed by atoms with Gasteiger partial charge in [0.2, 0.25) is 0 Å². The van der Waals surface area contributed by atoms with Gasteiger partial charge < -0.3 is 0 Å². The summed E-state index contributed by atoms with van der Waals surface area (Å²) in [6.07, 6.45) is 8.34. The molecule has 0 radical (unpaired) electrons. The molecule has 0 fully saturated rings. The molecule has 2 unspecified atom stereocenters. The summed E-state index contributed by atoms with van der Waals surface area (Å²) in [4.78, 5) is 4.24. The van der Waals surface area contributed by atoms with Gasteiger partial charge in [0.25, 0.3) is 0 Å². The third-order valence-corrected chi connectivity index (χ3v) is 3.48. The molecule has 0 saturated carbocycles. The van der Waals surface area contributed by atoms with Crippen molar-refractivity contribution in [2.24, 2.45) is 5.92 Å². The van der Waals surface area contributed by atoms with E-state index in [9.17, 15) is 0 Å². The minimum Gasteiger partial charge on any atom is -0.264 e. The standard InChI is InChI=1S/C16H15N/c1-12-8-9-13-5-2-3-7-15(13)16(12)14-6-4-10-17-11-14/h2-12,16H,1H3. The topological polar surface area (TPSA) is 12.9 Å². The molecule has 0 bridgehead atoms. The lowest BCUT2D eigenvalue weighted by molar-refractivity contribution is 0.616. The zero-order valence-corrected chi connectivity index (χ0v) is 9.88. The molecule has 0 aliphatic heterocycles. The minimum absolute atomic E-state index is 0.435. The zero-order valence-electron chi connectivity index (χ0n) is 9.88. The highest BCUT2D eigenvalue weighted by atomic mass is 14.6. The van der Waals surface area contributed by atoms with Crippen molar-refractivity contribution in [1.82, 2.24) is 4.98 Å². The van der Waals surface area contributed by atoms with Gasteiger partial charge in [-0.2, -0.15) is 0 Å². The van der Waals surface area contributed by atoms with Crippen LogP contribution in [-0.2, 0) is 0 Å². The number of nitrogens with zero attached hydrogens (tertiary/aromatic N) is 1. The Morgan fingerprint density at radius 2 is 1.94 bits per heavy atom. The molecule has 0 amide bonds. The molecule has 1 nitrogen and oxygen atoms in total. The van der Waals surface area contributed by atoms with Crippen LogP contribution in [0.4, 0.5) is 0 Å². The quantitative estimate of drug-likeness (QED) is 0.712. The molecule has 1 aromatic carbocycles. The number of fused-ring (bicyclic) bond motifs is 1. The van der Waals surface area contributed by atoms with Crippen LogP contribution in [0.1, 0.15) is 29.5 Å². The lowest BCUT2D eigenvalue weighted by atomic mass is 9.77. The maximum absolute atomic E-state index is 4.24. The summed E-state index contributed by atoms with van der Waals surface area (Å²) in [6, 6.07) is 12.8. The van der Waals surface area contributed by atoms with Crippen molar-refractivity contribution in [3.8, 4) is 0 Å². The molecule has 17 heavy (non-hydrogen) atoms. The van der Waals surface area contributed by atoms with E-state index in [2.05, 4.69) is 54.4 Å². The minimum atomic E-state index is 0.435. The second kappa shape index (κ2) is 4.17. The van der Waals surface area contributed by atoms with Gasteiger partial charge in [0.05, 0.1) is 0 Å². The van der Waals surface area contributed by atoms with Crippen LogP contribution in [0.15, 0.2) is 54.9 Å². The number of benzene rings is 1. The molecule has 0 saturated heterocycles. The summed E-state index contributed by atoms with van der Waals surface area (Å²) in [5.74, 6) is 0.957. The molecular weight excluding hydrogens is 206 g/mol. The largest absolute Gasteiger partial charge is 0.264 e. The van der Waals surface area contributed by atoms with E-state index in [-0.39, 0.29) is 0 Å². The van der Waals surface area contributed by atoms with E-state index in [1.54, 1.807) is 0 Å². The van der Waals surface area contributed by atoms with Gasteiger partial charge in [0.15, 0.2) is 0 Å². The molecule has 1 aliphatic carbocycles. The average Bonchev–Trinajstić information content (AvgIpc) is 2.39.